The summed E-state index contributed by atoms with van der Waals surface area (Å²) in [4.78, 5) is 0. The molecule has 3 rings (SSSR count). The van der Waals surface area contributed by atoms with Gasteiger partial charge in [0.1, 0.15) is 17.2 Å². The molecule has 21 heavy (non-hydrogen) atoms. The third-order valence-corrected chi connectivity index (χ3v) is 3.26. The van der Waals surface area contributed by atoms with Gasteiger partial charge in [0.25, 0.3) is 0 Å². The van der Waals surface area contributed by atoms with Gasteiger partial charge in [0.15, 0.2) is 0 Å². The van der Waals surface area contributed by atoms with Crippen molar-refractivity contribution in [1.29, 1.82) is 0 Å². The second-order valence-electron chi connectivity index (χ2n) is 4.64. The molecule has 0 radical (unpaired) electrons. The van der Waals surface area contributed by atoms with E-state index in [0.717, 1.165) is 28.4 Å². The third kappa shape index (κ3) is 3.06. The zero-order valence-corrected chi connectivity index (χ0v) is 11.8. The Morgan fingerprint density at radius 2 is 1.24 bits per heavy atom. The Morgan fingerprint density at radius 1 is 0.619 bits per heavy atom. The van der Waals surface area contributed by atoms with Crippen LogP contribution in [0.5, 0.6) is 17.2 Å². The maximum absolute atomic E-state index is 6.01. The molecular weight excluding hydrogens is 260 g/mol. The van der Waals surface area contributed by atoms with Crippen LogP contribution in [0.2, 0.25) is 0 Å². The summed E-state index contributed by atoms with van der Waals surface area (Å²) in [5.41, 5.74) is 2.22. The van der Waals surface area contributed by atoms with Crippen LogP contribution in [0.3, 0.4) is 0 Å². The topological polar surface area (TPSA) is 18.5 Å². The molecule has 0 aliphatic heterocycles. The van der Waals surface area contributed by atoms with E-state index < -0.39 is 0 Å². The number of benzene rings is 3. The fourth-order valence-electron chi connectivity index (χ4n) is 2.18. The summed E-state index contributed by atoms with van der Waals surface area (Å²) in [6.45, 7) is 0. The molecule has 2 nitrogen and oxygen atoms in total. The number of rotatable bonds is 4. The van der Waals surface area contributed by atoms with Crippen molar-refractivity contribution in [3.05, 3.63) is 78.9 Å². The van der Waals surface area contributed by atoms with E-state index in [4.69, 9.17) is 9.47 Å². The molecule has 0 fully saturated rings. The van der Waals surface area contributed by atoms with Crippen molar-refractivity contribution in [3.8, 4) is 28.4 Å². The number of hydrogen-bond donors (Lipinski definition) is 0. The van der Waals surface area contributed by atoms with Crippen molar-refractivity contribution < 1.29 is 9.47 Å². The molecule has 0 bridgehead atoms. The van der Waals surface area contributed by atoms with Gasteiger partial charge in [-0.15, -0.1) is 0 Å². The van der Waals surface area contributed by atoms with Gasteiger partial charge < -0.3 is 9.47 Å². The number of ether oxygens (including phenoxy) is 2. The van der Waals surface area contributed by atoms with Crippen LogP contribution in [-0.2, 0) is 0 Å². The molecule has 0 atom stereocenters. The molecule has 0 amide bonds. The monoisotopic (exact) mass is 276 g/mol. The summed E-state index contributed by atoms with van der Waals surface area (Å²) in [7, 11) is 1.65. The minimum absolute atomic E-state index is 0.791. The van der Waals surface area contributed by atoms with Crippen LogP contribution in [-0.4, -0.2) is 7.11 Å². The van der Waals surface area contributed by atoms with Crippen molar-refractivity contribution in [2.75, 3.05) is 7.11 Å². The summed E-state index contributed by atoms with van der Waals surface area (Å²) in [5, 5.41) is 0. The number of hydrogen-bond acceptors (Lipinski definition) is 2. The molecule has 0 aliphatic rings. The highest BCUT2D eigenvalue weighted by Gasteiger charge is 2.06. The lowest BCUT2D eigenvalue weighted by Gasteiger charge is -2.11. The third-order valence-electron chi connectivity index (χ3n) is 3.26. The normalized spacial score (nSPS) is 10.1. The van der Waals surface area contributed by atoms with Crippen LogP contribution in [0, 0.1) is 0 Å². The van der Waals surface area contributed by atoms with Gasteiger partial charge in [0, 0.05) is 5.56 Å². The van der Waals surface area contributed by atoms with E-state index in [0.29, 0.717) is 0 Å². The molecule has 0 saturated heterocycles. The van der Waals surface area contributed by atoms with E-state index in [1.165, 1.54) is 0 Å². The summed E-state index contributed by atoms with van der Waals surface area (Å²) in [6, 6.07) is 25.8. The second-order valence-corrected chi connectivity index (χ2v) is 4.64. The van der Waals surface area contributed by atoms with Gasteiger partial charge in [-0.05, 0) is 35.9 Å². The lowest BCUT2D eigenvalue weighted by molar-refractivity contribution is 0.413. The van der Waals surface area contributed by atoms with Crippen LogP contribution < -0.4 is 9.47 Å². The quantitative estimate of drug-likeness (QED) is 0.655. The Morgan fingerprint density at radius 3 is 1.95 bits per heavy atom. The van der Waals surface area contributed by atoms with Crippen molar-refractivity contribution >= 4 is 0 Å². The van der Waals surface area contributed by atoms with Gasteiger partial charge in [-0.25, -0.2) is 0 Å². The van der Waals surface area contributed by atoms with Crippen LogP contribution in [0.25, 0.3) is 11.1 Å². The first-order valence-corrected chi connectivity index (χ1v) is 6.83. The molecule has 2 heteroatoms. The van der Waals surface area contributed by atoms with Gasteiger partial charge in [0.2, 0.25) is 0 Å². The fraction of sp³-hybridized carbons (Fsp3) is 0.0526. The molecule has 0 heterocycles. The molecule has 0 aromatic heterocycles. The van der Waals surface area contributed by atoms with E-state index in [2.05, 4.69) is 18.2 Å². The molecular formula is C19H16O2. The molecule has 0 aliphatic carbocycles. The average molecular weight is 276 g/mol. The van der Waals surface area contributed by atoms with Gasteiger partial charge in [-0.1, -0.05) is 48.5 Å². The summed E-state index contributed by atoms with van der Waals surface area (Å²) in [5.74, 6) is 2.45. The smallest absolute Gasteiger partial charge is 0.135 e. The van der Waals surface area contributed by atoms with Gasteiger partial charge in [0.05, 0.1) is 7.11 Å². The number of para-hydroxylation sites is 1. The van der Waals surface area contributed by atoms with Gasteiger partial charge in [-0.3, -0.25) is 0 Å². The maximum Gasteiger partial charge on any atom is 0.135 e. The van der Waals surface area contributed by atoms with Crippen molar-refractivity contribution in [1.82, 2.24) is 0 Å². The predicted molar refractivity (Wildman–Crippen MR) is 84.9 cm³/mol. The summed E-state index contributed by atoms with van der Waals surface area (Å²) in [6.07, 6.45) is 0. The van der Waals surface area contributed by atoms with Gasteiger partial charge >= 0.3 is 0 Å². The van der Waals surface area contributed by atoms with E-state index in [1.807, 2.05) is 60.7 Å². The molecule has 0 N–H and O–H groups in total. The minimum Gasteiger partial charge on any atom is -0.497 e. The minimum atomic E-state index is 0.791. The Labute approximate surface area is 124 Å². The van der Waals surface area contributed by atoms with E-state index >= 15 is 0 Å². The van der Waals surface area contributed by atoms with E-state index in [-0.39, 0.29) is 0 Å². The average Bonchev–Trinajstić information content (AvgIpc) is 2.57. The van der Waals surface area contributed by atoms with Crippen LogP contribution in [0.1, 0.15) is 0 Å². The maximum atomic E-state index is 6.01. The van der Waals surface area contributed by atoms with Crippen LogP contribution in [0.15, 0.2) is 78.9 Å². The molecule has 0 unspecified atom stereocenters. The first kappa shape index (κ1) is 13.3. The Balaban J connectivity index is 1.92. The van der Waals surface area contributed by atoms with E-state index in [9.17, 15) is 0 Å². The zero-order chi connectivity index (χ0) is 14.5. The van der Waals surface area contributed by atoms with Crippen LogP contribution in [0.4, 0.5) is 0 Å². The second kappa shape index (κ2) is 6.14. The predicted octanol–water partition coefficient (Wildman–Crippen LogP) is 5.15. The zero-order valence-electron chi connectivity index (χ0n) is 11.8. The standard InChI is InChI=1S/C19H16O2/c1-20-16-11-13-17(14-12-16)21-19-10-6-5-9-18(19)15-7-3-2-4-8-15/h2-14H,1H3. The lowest BCUT2D eigenvalue weighted by Crippen LogP contribution is -1.88. The first-order valence-electron chi connectivity index (χ1n) is 6.83. The van der Waals surface area contributed by atoms with Crippen molar-refractivity contribution in [2.45, 2.75) is 0 Å². The highest BCUT2D eigenvalue weighted by Crippen LogP contribution is 2.33. The molecule has 104 valence electrons. The molecule has 0 spiro atoms. The Hall–Kier alpha value is -2.74. The Bertz CT molecular complexity index is 703. The largest absolute Gasteiger partial charge is 0.497 e. The highest BCUT2D eigenvalue weighted by molar-refractivity contribution is 5.70. The molecule has 3 aromatic carbocycles. The van der Waals surface area contributed by atoms with Crippen molar-refractivity contribution in [2.24, 2.45) is 0 Å². The van der Waals surface area contributed by atoms with E-state index in [1.54, 1.807) is 7.11 Å². The van der Waals surface area contributed by atoms with Crippen molar-refractivity contribution in [3.63, 3.8) is 0 Å². The number of methoxy groups -OCH3 is 1. The highest BCUT2D eigenvalue weighted by atomic mass is 16.5. The van der Waals surface area contributed by atoms with Crippen LogP contribution >= 0.6 is 0 Å². The first-order chi connectivity index (χ1) is 10.4. The summed E-state index contributed by atoms with van der Waals surface area (Å²) >= 11 is 0. The fourth-order valence-corrected chi connectivity index (χ4v) is 2.18. The summed E-state index contributed by atoms with van der Waals surface area (Å²) < 4.78 is 11.2. The SMILES string of the molecule is COc1ccc(Oc2ccccc2-c2ccccc2)cc1. The molecule has 3 aromatic rings. The molecule has 0 saturated carbocycles. The Kier molecular flexibility index (Phi) is 3.88. The van der Waals surface area contributed by atoms with Gasteiger partial charge in [-0.2, -0.15) is 0 Å². The lowest BCUT2D eigenvalue weighted by atomic mass is 10.1.